The lowest BCUT2D eigenvalue weighted by atomic mass is 9.94. The predicted octanol–water partition coefficient (Wildman–Crippen LogP) is 4.03. The number of hydrogen-bond donors (Lipinski definition) is 3. The molecule has 8 nitrogen and oxygen atoms in total. The number of hydrogen-bond acceptors (Lipinski definition) is 6. The van der Waals surface area contributed by atoms with E-state index in [0.717, 1.165) is 59.3 Å². The number of pyridine rings is 1. The maximum Gasteiger partial charge on any atom is 0.254 e. The van der Waals surface area contributed by atoms with Crippen molar-refractivity contribution in [2.24, 2.45) is 12.0 Å². The van der Waals surface area contributed by atoms with E-state index >= 15 is 0 Å². The molecule has 1 aromatic carbocycles. The lowest BCUT2D eigenvalue weighted by Gasteiger charge is -2.33. The van der Waals surface area contributed by atoms with E-state index in [1.165, 1.54) is 5.70 Å². The lowest BCUT2D eigenvalue weighted by Crippen LogP contribution is -2.40. The molecule has 36 heavy (non-hydrogen) atoms. The Balaban J connectivity index is 1.43. The quantitative estimate of drug-likeness (QED) is 0.349. The highest BCUT2D eigenvalue weighted by Gasteiger charge is 2.27. The summed E-state index contributed by atoms with van der Waals surface area (Å²) in [5.41, 5.74) is 6.56. The number of allylic oxidation sites excluding steroid dienone is 3. The molecule has 3 aromatic rings. The van der Waals surface area contributed by atoms with Crippen LogP contribution in [-0.4, -0.2) is 53.3 Å². The first-order chi connectivity index (χ1) is 17.5. The van der Waals surface area contributed by atoms with Gasteiger partial charge in [-0.3, -0.25) is 4.79 Å². The van der Waals surface area contributed by atoms with Gasteiger partial charge in [0.15, 0.2) is 0 Å². The summed E-state index contributed by atoms with van der Waals surface area (Å²) in [7, 11) is 4.01. The maximum absolute atomic E-state index is 12.9. The van der Waals surface area contributed by atoms with E-state index < -0.39 is 0 Å². The average molecular weight is 484 g/mol. The molecule has 8 heteroatoms. The number of aliphatic imine (C=N–C) groups is 1. The summed E-state index contributed by atoms with van der Waals surface area (Å²) in [6.07, 6.45) is 10.1. The Bertz CT molecular complexity index is 1380. The van der Waals surface area contributed by atoms with Gasteiger partial charge in [-0.15, -0.1) is 0 Å². The van der Waals surface area contributed by atoms with Crippen molar-refractivity contribution < 1.29 is 4.79 Å². The third kappa shape index (κ3) is 4.40. The number of anilines is 1. The standard InChI is InChI=1S/C28H33N7O/c1-18(35-15-10-19(29-2)11-16-35)5-8-25(30-3)33-24-7-6-20(23-17-32-28(36)26(23)24)21-9-13-31-27-22(21)12-14-34(27)4/h5-9,12-14,19,29,33H,3,10-11,15-17H2,1-2,4H3,(H,32,36)/b18-5+,25-8+. The number of nitrogens with zero attached hydrogens (tertiary/aromatic N) is 4. The molecule has 0 saturated carbocycles. The molecule has 0 spiro atoms. The number of benzene rings is 1. The molecule has 0 unspecified atom stereocenters. The molecular formula is C28H33N7O. The first-order valence-corrected chi connectivity index (χ1v) is 12.4. The zero-order valence-corrected chi connectivity index (χ0v) is 21.1. The fourth-order valence-electron chi connectivity index (χ4n) is 5.20. The summed E-state index contributed by atoms with van der Waals surface area (Å²) in [5.74, 6) is 0.513. The fourth-order valence-corrected chi connectivity index (χ4v) is 5.20. The largest absolute Gasteiger partial charge is 0.375 e. The van der Waals surface area contributed by atoms with Crippen LogP contribution in [0.5, 0.6) is 0 Å². The van der Waals surface area contributed by atoms with E-state index in [9.17, 15) is 4.79 Å². The van der Waals surface area contributed by atoms with Crippen molar-refractivity contribution in [2.75, 3.05) is 25.5 Å². The van der Waals surface area contributed by atoms with Gasteiger partial charge in [-0.05, 0) is 80.6 Å². The van der Waals surface area contributed by atoms with E-state index in [2.05, 4.69) is 62.7 Å². The highest BCUT2D eigenvalue weighted by atomic mass is 16.1. The number of likely N-dealkylation sites (tertiary alicyclic amines) is 1. The molecule has 2 aromatic heterocycles. The van der Waals surface area contributed by atoms with Crippen molar-refractivity contribution in [2.45, 2.75) is 32.4 Å². The second-order valence-electron chi connectivity index (χ2n) is 9.41. The molecule has 0 atom stereocenters. The fraction of sp³-hybridized carbons (Fsp3) is 0.321. The van der Waals surface area contributed by atoms with Crippen molar-refractivity contribution in [1.29, 1.82) is 0 Å². The summed E-state index contributed by atoms with van der Waals surface area (Å²) < 4.78 is 2.00. The van der Waals surface area contributed by atoms with Crippen LogP contribution in [0.1, 0.15) is 35.7 Å². The molecule has 2 aliphatic rings. The zero-order chi connectivity index (χ0) is 25.2. The first-order valence-electron chi connectivity index (χ1n) is 12.4. The molecular weight excluding hydrogens is 450 g/mol. The third-order valence-electron chi connectivity index (χ3n) is 7.34. The van der Waals surface area contributed by atoms with Crippen LogP contribution in [0.3, 0.4) is 0 Å². The molecule has 2 aliphatic heterocycles. The van der Waals surface area contributed by atoms with Gasteiger partial charge in [-0.25, -0.2) is 9.98 Å². The van der Waals surface area contributed by atoms with E-state index in [0.29, 0.717) is 24.0 Å². The van der Waals surface area contributed by atoms with Crippen molar-refractivity contribution >= 4 is 29.3 Å². The van der Waals surface area contributed by atoms with Gasteiger partial charge < -0.3 is 25.4 Å². The van der Waals surface area contributed by atoms with Crippen LogP contribution in [0.25, 0.3) is 22.2 Å². The molecule has 0 radical (unpaired) electrons. The number of piperidine rings is 1. The minimum Gasteiger partial charge on any atom is -0.375 e. The molecule has 1 amide bonds. The Kier molecular flexibility index (Phi) is 6.61. The van der Waals surface area contributed by atoms with Crippen LogP contribution in [0.4, 0.5) is 5.69 Å². The van der Waals surface area contributed by atoms with Crippen molar-refractivity contribution in [3.63, 3.8) is 0 Å². The minimum absolute atomic E-state index is 0.0877. The topological polar surface area (TPSA) is 86.6 Å². The number of aryl methyl sites for hydroxylation is 1. The molecule has 4 heterocycles. The Labute approximate surface area is 211 Å². The molecule has 3 N–H and O–H groups in total. The Morgan fingerprint density at radius 1 is 1.19 bits per heavy atom. The number of aromatic nitrogens is 2. The van der Waals surface area contributed by atoms with E-state index in [-0.39, 0.29) is 5.91 Å². The highest BCUT2D eigenvalue weighted by Crippen LogP contribution is 2.37. The van der Waals surface area contributed by atoms with Gasteiger partial charge in [0.25, 0.3) is 5.91 Å². The molecule has 5 rings (SSSR count). The Hall–Kier alpha value is -3.91. The van der Waals surface area contributed by atoms with E-state index in [1.807, 2.05) is 49.3 Å². The summed E-state index contributed by atoms with van der Waals surface area (Å²) in [4.78, 5) is 24.0. The maximum atomic E-state index is 12.9. The predicted molar refractivity (Wildman–Crippen MR) is 146 cm³/mol. The van der Waals surface area contributed by atoms with Gasteiger partial charge in [0, 0.05) is 56.2 Å². The second-order valence-corrected chi connectivity index (χ2v) is 9.41. The van der Waals surface area contributed by atoms with Crippen molar-refractivity contribution in [1.82, 2.24) is 25.1 Å². The number of nitrogens with one attached hydrogen (secondary N) is 3. The number of carbonyl (C=O) groups excluding carboxylic acids is 1. The van der Waals surface area contributed by atoms with Gasteiger partial charge in [-0.1, -0.05) is 6.07 Å². The summed E-state index contributed by atoms with van der Waals surface area (Å²) >= 11 is 0. The zero-order valence-electron chi connectivity index (χ0n) is 21.1. The van der Waals surface area contributed by atoms with Gasteiger partial charge in [0.1, 0.15) is 11.5 Å². The van der Waals surface area contributed by atoms with Crippen LogP contribution >= 0.6 is 0 Å². The van der Waals surface area contributed by atoms with Crippen molar-refractivity contribution in [3.8, 4) is 11.1 Å². The van der Waals surface area contributed by atoms with Crippen LogP contribution in [0.15, 0.2) is 65.3 Å². The average Bonchev–Trinajstić information content (AvgIpc) is 3.49. The van der Waals surface area contributed by atoms with Gasteiger partial charge in [0.05, 0.1) is 11.3 Å². The number of rotatable bonds is 7. The summed E-state index contributed by atoms with van der Waals surface area (Å²) in [5, 5.41) is 10.8. The van der Waals surface area contributed by atoms with Crippen molar-refractivity contribution in [3.05, 3.63) is 71.5 Å². The molecule has 1 fully saturated rings. The third-order valence-corrected chi connectivity index (χ3v) is 7.34. The SMILES string of the molecule is C=N/C(=C\C=C(/C)N1CCC(NC)CC1)Nc1ccc(-c2ccnc3c2ccn3C)c2c1C(=O)NC2. The van der Waals surface area contributed by atoms with Crippen LogP contribution < -0.4 is 16.0 Å². The number of fused-ring (bicyclic) bond motifs is 2. The minimum atomic E-state index is -0.0877. The van der Waals surface area contributed by atoms with Gasteiger partial charge >= 0.3 is 0 Å². The highest BCUT2D eigenvalue weighted by molar-refractivity contribution is 6.07. The Morgan fingerprint density at radius 2 is 2.00 bits per heavy atom. The van der Waals surface area contributed by atoms with Crippen LogP contribution in [-0.2, 0) is 13.6 Å². The van der Waals surface area contributed by atoms with Crippen LogP contribution in [0, 0.1) is 0 Å². The summed E-state index contributed by atoms with van der Waals surface area (Å²) in [6, 6.07) is 8.69. The molecule has 186 valence electrons. The molecule has 1 saturated heterocycles. The lowest BCUT2D eigenvalue weighted by molar-refractivity contribution is 0.0966. The monoisotopic (exact) mass is 483 g/mol. The number of amides is 1. The molecule has 0 bridgehead atoms. The van der Waals surface area contributed by atoms with Gasteiger partial charge in [-0.2, -0.15) is 0 Å². The summed E-state index contributed by atoms with van der Waals surface area (Å²) in [6.45, 7) is 8.41. The van der Waals surface area contributed by atoms with Crippen LogP contribution in [0.2, 0.25) is 0 Å². The second kappa shape index (κ2) is 9.99. The van der Waals surface area contributed by atoms with E-state index in [4.69, 9.17) is 0 Å². The normalized spacial score (nSPS) is 16.9. The molecule has 0 aliphatic carbocycles. The Morgan fingerprint density at radius 3 is 2.75 bits per heavy atom. The first kappa shape index (κ1) is 23.8. The smallest absolute Gasteiger partial charge is 0.254 e. The van der Waals surface area contributed by atoms with E-state index in [1.54, 1.807) is 0 Å². The number of carbonyl (C=O) groups is 1. The van der Waals surface area contributed by atoms with Gasteiger partial charge in [0.2, 0.25) is 0 Å².